The van der Waals surface area contributed by atoms with Gasteiger partial charge in [-0.1, -0.05) is 37.1 Å². The van der Waals surface area contributed by atoms with Crippen LogP contribution in [0.3, 0.4) is 0 Å². The van der Waals surface area contributed by atoms with Crippen LogP contribution in [0.1, 0.15) is 36.5 Å². The molecule has 3 heteroatoms. The summed E-state index contributed by atoms with van der Waals surface area (Å²) in [5, 5.41) is 9.17. The summed E-state index contributed by atoms with van der Waals surface area (Å²) >= 11 is 0. The largest absolute Gasteiger partial charge is 0.479 e. The summed E-state index contributed by atoms with van der Waals surface area (Å²) < 4.78 is 5.44. The van der Waals surface area contributed by atoms with E-state index in [1.54, 1.807) is 0 Å². The minimum absolute atomic E-state index is 0.437. The average molecular weight is 250 g/mol. The topological polar surface area (TPSA) is 46.5 Å². The number of rotatable bonds is 7. The van der Waals surface area contributed by atoms with Crippen molar-refractivity contribution < 1.29 is 14.6 Å². The number of ether oxygens (including phenoxy) is 1. The Labute approximate surface area is 109 Å². The number of unbranched alkanes of at least 4 members (excludes halogenated alkanes) is 1. The van der Waals surface area contributed by atoms with Crippen LogP contribution < -0.4 is 0 Å². The van der Waals surface area contributed by atoms with Crippen LogP contribution in [0.15, 0.2) is 18.2 Å². The number of carboxylic acid groups (broad SMARTS) is 1. The van der Waals surface area contributed by atoms with Gasteiger partial charge < -0.3 is 9.84 Å². The molecule has 0 bridgehead atoms. The summed E-state index contributed by atoms with van der Waals surface area (Å²) in [5.41, 5.74) is 3.32. The molecular weight excluding hydrogens is 228 g/mol. The molecule has 1 aromatic rings. The molecule has 1 rings (SSSR count). The molecule has 3 nitrogen and oxygen atoms in total. The molecule has 0 aliphatic heterocycles. The van der Waals surface area contributed by atoms with E-state index in [-0.39, 0.29) is 0 Å². The fourth-order valence-corrected chi connectivity index (χ4v) is 1.81. The zero-order chi connectivity index (χ0) is 13.5. The first-order valence-corrected chi connectivity index (χ1v) is 6.45. The number of aliphatic carboxylic acids is 1. The molecule has 100 valence electrons. The van der Waals surface area contributed by atoms with Gasteiger partial charge in [0.05, 0.1) is 0 Å². The maximum absolute atomic E-state index is 11.2. The molecule has 0 aromatic heterocycles. The normalized spacial score (nSPS) is 12.4. The Morgan fingerprint density at radius 2 is 2.11 bits per heavy atom. The first kappa shape index (κ1) is 14.7. The number of carbonyl (C=O) groups is 1. The predicted molar refractivity (Wildman–Crippen MR) is 71.9 cm³/mol. The van der Waals surface area contributed by atoms with Gasteiger partial charge in [-0.05, 0) is 31.4 Å². The van der Waals surface area contributed by atoms with Gasteiger partial charge in [-0.3, -0.25) is 0 Å². The first-order chi connectivity index (χ1) is 8.54. The number of hydrogen-bond acceptors (Lipinski definition) is 2. The maximum atomic E-state index is 11.2. The van der Waals surface area contributed by atoms with E-state index in [0.717, 1.165) is 29.5 Å². The molecule has 0 spiro atoms. The Bertz CT molecular complexity index is 399. The van der Waals surface area contributed by atoms with Crippen molar-refractivity contribution in [2.45, 2.75) is 46.1 Å². The smallest absolute Gasteiger partial charge is 0.333 e. The third-order valence-corrected chi connectivity index (χ3v) is 3.00. The highest BCUT2D eigenvalue weighted by atomic mass is 16.5. The standard InChI is InChI=1S/C15H22O3/c1-4-5-8-18-14(15(16)17)10-13-9-11(2)6-7-12(13)3/h6-7,9,14H,4-5,8,10H2,1-3H3,(H,16,17)/t14-/m1/s1. The Balaban J connectivity index is 2.70. The molecule has 0 heterocycles. The van der Waals surface area contributed by atoms with Crippen LogP contribution in [0.5, 0.6) is 0 Å². The maximum Gasteiger partial charge on any atom is 0.333 e. The number of hydrogen-bond donors (Lipinski definition) is 1. The van der Waals surface area contributed by atoms with Gasteiger partial charge in [-0.15, -0.1) is 0 Å². The van der Waals surface area contributed by atoms with E-state index < -0.39 is 12.1 Å². The highest BCUT2D eigenvalue weighted by molar-refractivity contribution is 5.72. The fraction of sp³-hybridized carbons (Fsp3) is 0.533. The van der Waals surface area contributed by atoms with E-state index in [9.17, 15) is 4.79 Å². The van der Waals surface area contributed by atoms with Crippen molar-refractivity contribution >= 4 is 5.97 Å². The van der Waals surface area contributed by atoms with Gasteiger partial charge in [-0.25, -0.2) is 4.79 Å². The van der Waals surface area contributed by atoms with Crippen molar-refractivity contribution in [3.63, 3.8) is 0 Å². The molecule has 0 radical (unpaired) electrons. The second kappa shape index (κ2) is 7.17. The third-order valence-electron chi connectivity index (χ3n) is 3.00. The van der Waals surface area contributed by atoms with Gasteiger partial charge in [0.15, 0.2) is 6.10 Å². The average Bonchev–Trinajstić information content (AvgIpc) is 2.32. The lowest BCUT2D eigenvalue weighted by Gasteiger charge is -2.15. The molecule has 1 atom stereocenters. The summed E-state index contributed by atoms with van der Waals surface area (Å²) in [4.78, 5) is 11.2. The van der Waals surface area contributed by atoms with Gasteiger partial charge in [0.1, 0.15) is 0 Å². The molecule has 0 saturated heterocycles. The Morgan fingerprint density at radius 1 is 1.39 bits per heavy atom. The summed E-state index contributed by atoms with van der Waals surface area (Å²) in [5.74, 6) is -0.882. The monoisotopic (exact) mass is 250 g/mol. The van der Waals surface area contributed by atoms with Gasteiger partial charge in [0, 0.05) is 13.0 Å². The van der Waals surface area contributed by atoms with E-state index >= 15 is 0 Å². The highest BCUT2D eigenvalue weighted by Crippen LogP contribution is 2.14. The van der Waals surface area contributed by atoms with Crippen LogP contribution in [0.25, 0.3) is 0 Å². The van der Waals surface area contributed by atoms with Crippen LogP contribution in [0.2, 0.25) is 0 Å². The summed E-state index contributed by atoms with van der Waals surface area (Å²) in [6.45, 7) is 6.58. The molecule has 0 aliphatic rings. The Hall–Kier alpha value is -1.35. The molecule has 0 aliphatic carbocycles. The van der Waals surface area contributed by atoms with Crippen molar-refractivity contribution in [1.82, 2.24) is 0 Å². The van der Waals surface area contributed by atoms with Crippen molar-refractivity contribution in [2.75, 3.05) is 6.61 Å². The lowest BCUT2D eigenvalue weighted by atomic mass is 10.00. The zero-order valence-corrected chi connectivity index (χ0v) is 11.4. The minimum Gasteiger partial charge on any atom is -0.479 e. The van der Waals surface area contributed by atoms with E-state index in [1.807, 2.05) is 32.0 Å². The van der Waals surface area contributed by atoms with Crippen LogP contribution in [-0.4, -0.2) is 23.8 Å². The quantitative estimate of drug-likeness (QED) is 0.756. The van der Waals surface area contributed by atoms with Crippen molar-refractivity contribution in [3.05, 3.63) is 34.9 Å². The molecule has 0 saturated carbocycles. The molecular formula is C15H22O3. The van der Waals surface area contributed by atoms with Crippen molar-refractivity contribution in [2.24, 2.45) is 0 Å². The zero-order valence-electron chi connectivity index (χ0n) is 11.4. The van der Waals surface area contributed by atoms with E-state index in [2.05, 4.69) is 6.92 Å². The molecule has 1 aromatic carbocycles. The summed E-state index contributed by atoms with van der Waals surface area (Å²) in [6, 6.07) is 6.09. The second-order valence-electron chi connectivity index (χ2n) is 4.69. The van der Waals surface area contributed by atoms with Crippen LogP contribution in [0, 0.1) is 13.8 Å². The van der Waals surface area contributed by atoms with Gasteiger partial charge in [-0.2, -0.15) is 0 Å². The molecule has 0 unspecified atom stereocenters. The van der Waals surface area contributed by atoms with E-state index in [1.165, 1.54) is 0 Å². The summed E-state index contributed by atoms with van der Waals surface area (Å²) in [7, 11) is 0. The molecule has 0 amide bonds. The minimum atomic E-state index is -0.882. The second-order valence-corrected chi connectivity index (χ2v) is 4.69. The van der Waals surface area contributed by atoms with Gasteiger partial charge in [0.25, 0.3) is 0 Å². The number of aryl methyl sites for hydroxylation is 2. The first-order valence-electron chi connectivity index (χ1n) is 6.45. The van der Waals surface area contributed by atoms with Crippen molar-refractivity contribution in [3.8, 4) is 0 Å². The lowest BCUT2D eigenvalue weighted by molar-refractivity contribution is -0.150. The highest BCUT2D eigenvalue weighted by Gasteiger charge is 2.19. The number of carboxylic acids is 1. The Morgan fingerprint density at radius 3 is 2.72 bits per heavy atom. The lowest BCUT2D eigenvalue weighted by Crippen LogP contribution is -2.27. The molecule has 1 N–H and O–H groups in total. The molecule has 18 heavy (non-hydrogen) atoms. The van der Waals surface area contributed by atoms with E-state index in [4.69, 9.17) is 9.84 Å². The van der Waals surface area contributed by atoms with Gasteiger partial charge in [0.2, 0.25) is 0 Å². The Kier molecular flexibility index (Phi) is 5.86. The number of benzene rings is 1. The van der Waals surface area contributed by atoms with Crippen molar-refractivity contribution in [1.29, 1.82) is 0 Å². The SMILES string of the molecule is CCCCO[C@H](Cc1cc(C)ccc1C)C(=O)O. The van der Waals surface area contributed by atoms with Gasteiger partial charge >= 0.3 is 5.97 Å². The third kappa shape index (κ3) is 4.49. The van der Waals surface area contributed by atoms with Crippen LogP contribution in [-0.2, 0) is 16.0 Å². The van der Waals surface area contributed by atoms with Crippen LogP contribution in [0.4, 0.5) is 0 Å². The molecule has 0 fully saturated rings. The predicted octanol–water partition coefficient (Wildman–Crippen LogP) is 3.12. The fourth-order valence-electron chi connectivity index (χ4n) is 1.81. The summed E-state index contributed by atoms with van der Waals surface area (Å²) in [6.07, 6.45) is 1.61. The van der Waals surface area contributed by atoms with E-state index in [0.29, 0.717) is 13.0 Å². The van der Waals surface area contributed by atoms with Crippen LogP contribution >= 0.6 is 0 Å².